The summed E-state index contributed by atoms with van der Waals surface area (Å²) in [6.07, 6.45) is 6.50. The molecule has 0 aromatic heterocycles. The minimum absolute atomic E-state index is 0.678. The monoisotopic (exact) mass is 256 g/mol. The van der Waals surface area contributed by atoms with Crippen LogP contribution in [0.1, 0.15) is 46.0 Å². The molecule has 2 unspecified atom stereocenters. The van der Waals surface area contributed by atoms with Gasteiger partial charge in [-0.05, 0) is 44.7 Å². The number of nitrogens with two attached hydrogens (primary N) is 1. The van der Waals surface area contributed by atoms with Crippen molar-refractivity contribution < 1.29 is 4.74 Å². The van der Waals surface area contributed by atoms with Crippen molar-refractivity contribution in [2.45, 2.75) is 52.0 Å². The average molecular weight is 256 g/mol. The zero-order valence-corrected chi connectivity index (χ0v) is 12.5. The average Bonchev–Trinajstić information content (AvgIpc) is 2.37. The van der Waals surface area contributed by atoms with Gasteiger partial charge in [0, 0.05) is 19.2 Å². The summed E-state index contributed by atoms with van der Waals surface area (Å²) < 4.78 is 5.70. The Bertz CT molecular complexity index is 209. The molecule has 2 atom stereocenters. The van der Waals surface area contributed by atoms with Crippen molar-refractivity contribution in [3.05, 3.63) is 0 Å². The van der Waals surface area contributed by atoms with Gasteiger partial charge in [-0.2, -0.15) is 0 Å². The number of ether oxygens (including phenoxy) is 1. The molecule has 1 saturated carbocycles. The summed E-state index contributed by atoms with van der Waals surface area (Å²) >= 11 is 0. The highest BCUT2D eigenvalue weighted by Gasteiger charge is 2.26. The first-order valence-electron chi connectivity index (χ1n) is 7.63. The maximum Gasteiger partial charge on any atom is 0.0593 e. The predicted molar refractivity (Wildman–Crippen MR) is 77.7 cm³/mol. The van der Waals surface area contributed by atoms with Gasteiger partial charge in [-0.3, -0.25) is 0 Å². The summed E-state index contributed by atoms with van der Waals surface area (Å²) in [5.74, 6) is 1.43. The lowest BCUT2D eigenvalue weighted by Crippen LogP contribution is -2.44. The summed E-state index contributed by atoms with van der Waals surface area (Å²) in [5.41, 5.74) is 5.88. The van der Waals surface area contributed by atoms with Gasteiger partial charge in [0.05, 0.1) is 6.61 Å². The molecule has 108 valence electrons. The fraction of sp³-hybridized carbons (Fsp3) is 1.00. The van der Waals surface area contributed by atoms with Crippen molar-refractivity contribution in [2.24, 2.45) is 17.6 Å². The van der Waals surface area contributed by atoms with Crippen LogP contribution < -0.4 is 5.73 Å². The van der Waals surface area contributed by atoms with Gasteiger partial charge < -0.3 is 15.4 Å². The van der Waals surface area contributed by atoms with Crippen LogP contribution >= 0.6 is 0 Å². The predicted octanol–water partition coefficient (Wildman–Crippen LogP) is 2.50. The highest BCUT2D eigenvalue weighted by Crippen LogP contribution is 2.26. The minimum atomic E-state index is 0.678. The number of hydrogen-bond acceptors (Lipinski definition) is 3. The maximum absolute atomic E-state index is 5.88. The van der Waals surface area contributed by atoms with E-state index in [1.165, 1.54) is 32.1 Å². The van der Waals surface area contributed by atoms with Gasteiger partial charge in [0.2, 0.25) is 0 Å². The molecule has 1 aliphatic carbocycles. The summed E-state index contributed by atoms with van der Waals surface area (Å²) in [5, 5.41) is 0. The van der Waals surface area contributed by atoms with E-state index in [9.17, 15) is 0 Å². The fourth-order valence-electron chi connectivity index (χ4n) is 2.84. The second-order valence-corrected chi connectivity index (χ2v) is 6.12. The van der Waals surface area contributed by atoms with Crippen LogP contribution in [0.2, 0.25) is 0 Å². The first-order chi connectivity index (χ1) is 8.65. The zero-order valence-electron chi connectivity index (χ0n) is 12.5. The molecule has 0 bridgehead atoms. The third-order valence-electron chi connectivity index (χ3n) is 4.17. The normalized spacial score (nSPS) is 25.0. The largest absolute Gasteiger partial charge is 0.380 e. The number of rotatable bonds is 8. The van der Waals surface area contributed by atoms with E-state index in [0.717, 1.165) is 32.2 Å². The third-order valence-corrected chi connectivity index (χ3v) is 4.17. The van der Waals surface area contributed by atoms with Gasteiger partial charge in [-0.15, -0.1) is 0 Å². The van der Waals surface area contributed by atoms with Gasteiger partial charge in [-0.25, -0.2) is 0 Å². The molecule has 0 spiro atoms. The van der Waals surface area contributed by atoms with E-state index in [2.05, 4.69) is 25.8 Å². The van der Waals surface area contributed by atoms with E-state index >= 15 is 0 Å². The Morgan fingerprint density at radius 2 is 1.94 bits per heavy atom. The second-order valence-electron chi connectivity index (χ2n) is 6.12. The molecular weight excluding hydrogens is 224 g/mol. The molecule has 0 saturated heterocycles. The van der Waals surface area contributed by atoms with Gasteiger partial charge in [0.1, 0.15) is 0 Å². The standard InChI is InChI=1S/C15H32N2O/c1-13(2)8-10-18-11-9-17(3)15-7-5-4-6-14(15)12-16/h13-15H,4-12,16H2,1-3H3. The molecule has 0 heterocycles. The van der Waals surface area contributed by atoms with E-state index < -0.39 is 0 Å². The number of likely N-dealkylation sites (N-methyl/N-ethyl adjacent to an activating group) is 1. The first kappa shape index (κ1) is 15.9. The van der Waals surface area contributed by atoms with Crippen LogP contribution in [0.3, 0.4) is 0 Å². The molecule has 1 fully saturated rings. The summed E-state index contributed by atoms with van der Waals surface area (Å²) in [4.78, 5) is 2.46. The first-order valence-corrected chi connectivity index (χ1v) is 7.63. The Morgan fingerprint density at radius 3 is 2.61 bits per heavy atom. The van der Waals surface area contributed by atoms with E-state index in [-0.39, 0.29) is 0 Å². The number of nitrogens with zero attached hydrogens (tertiary/aromatic N) is 1. The van der Waals surface area contributed by atoms with E-state index in [4.69, 9.17) is 10.5 Å². The molecule has 1 rings (SSSR count). The Hall–Kier alpha value is -0.120. The van der Waals surface area contributed by atoms with Crippen molar-refractivity contribution in [3.63, 3.8) is 0 Å². The Balaban J connectivity index is 2.16. The van der Waals surface area contributed by atoms with Crippen LogP contribution in [0.25, 0.3) is 0 Å². The van der Waals surface area contributed by atoms with Crippen molar-refractivity contribution in [2.75, 3.05) is 33.4 Å². The van der Waals surface area contributed by atoms with Crippen LogP contribution in [-0.4, -0.2) is 44.3 Å². The van der Waals surface area contributed by atoms with Crippen LogP contribution in [0.4, 0.5) is 0 Å². The van der Waals surface area contributed by atoms with Crippen molar-refractivity contribution in [1.82, 2.24) is 4.90 Å². The fourth-order valence-corrected chi connectivity index (χ4v) is 2.84. The van der Waals surface area contributed by atoms with Gasteiger partial charge in [0.25, 0.3) is 0 Å². The van der Waals surface area contributed by atoms with Crippen LogP contribution in [0, 0.1) is 11.8 Å². The van der Waals surface area contributed by atoms with Gasteiger partial charge in [0.15, 0.2) is 0 Å². The minimum Gasteiger partial charge on any atom is -0.380 e. The molecule has 0 aromatic rings. The second kappa shape index (κ2) is 8.89. The van der Waals surface area contributed by atoms with E-state index in [0.29, 0.717) is 12.0 Å². The lowest BCUT2D eigenvalue weighted by Gasteiger charge is -2.37. The molecule has 1 aliphatic rings. The SMILES string of the molecule is CC(C)CCOCCN(C)C1CCCCC1CN. The van der Waals surface area contributed by atoms with Crippen molar-refractivity contribution in [1.29, 1.82) is 0 Å². The summed E-state index contributed by atoms with van der Waals surface area (Å²) in [6, 6.07) is 0.678. The molecular formula is C15H32N2O. The lowest BCUT2D eigenvalue weighted by atomic mass is 9.84. The van der Waals surface area contributed by atoms with Crippen LogP contribution in [-0.2, 0) is 4.74 Å². The topological polar surface area (TPSA) is 38.5 Å². The molecule has 0 aliphatic heterocycles. The lowest BCUT2D eigenvalue weighted by molar-refractivity contribution is 0.0683. The van der Waals surface area contributed by atoms with Gasteiger partial charge >= 0.3 is 0 Å². The highest BCUT2D eigenvalue weighted by atomic mass is 16.5. The molecule has 0 radical (unpaired) electrons. The van der Waals surface area contributed by atoms with Crippen molar-refractivity contribution in [3.8, 4) is 0 Å². The molecule has 0 aromatic carbocycles. The molecule has 2 N–H and O–H groups in total. The highest BCUT2D eigenvalue weighted by molar-refractivity contribution is 4.82. The zero-order chi connectivity index (χ0) is 13.4. The maximum atomic E-state index is 5.88. The van der Waals surface area contributed by atoms with Crippen LogP contribution in [0.15, 0.2) is 0 Å². The Labute approximate surface area is 113 Å². The molecule has 3 heteroatoms. The summed E-state index contributed by atoms with van der Waals surface area (Å²) in [6.45, 7) is 8.11. The smallest absolute Gasteiger partial charge is 0.0593 e. The third kappa shape index (κ3) is 5.68. The molecule has 18 heavy (non-hydrogen) atoms. The molecule has 3 nitrogen and oxygen atoms in total. The van der Waals surface area contributed by atoms with E-state index in [1.807, 2.05) is 0 Å². The summed E-state index contributed by atoms with van der Waals surface area (Å²) in [7, 11) is 2.23. The Morgan fingerprint density at radius 1 is 1.22 bits per heavy atom. The van der Waals surface area contributed by atoms with Crippen LogP contribution in [0.5, 0.6) is 0 Å². The quantitative estimate of drug-likeness (QED) is 0.678. The van der Waals surface area contributed by atoms with Crippen molar-refractivity contribution >= 4 is 0 Å². The number of hydrogen-bond donors (Lipinski definition) is 1. The van der Waals surface area contributed by atoms with Gasteiger partial charge in [-0.1, -0.05) is 26.7 Å². The Kier molecular flexibility index (Phi) is 7.87. The molecule has 0 amide bonds. The van der Waals surface area contributed by atoms with E-state index in [1.54, 1.807) is 0 Å².